The molecule has 194 valence electrons. The second-order valence-electron chi connectivity index (χ2n) is 12.7. The van der Waals surface area contributed by atoms with E-state index in [4.69, 9.17) is 0 Å². The third kappa shape index (κ3) is 3.98. The molecule has 3 saturated carbocycles. The summed E-state index contributed by atoms with van der Waals surface area (Å²) in [6.45, 7) is 8.42. The number of rotatable bonds is 5. The van der Waals surface area contributed by atoms with Crippen LogP contribution in [0.1, 0.15) is 105 Å². The van der Waals surface area contributed by atoms with Crippen LogP contribution in [0.2, 0.25) is 0 Å². The third-order valence-corrected chi connectivity index (χ3v) is 11.0. The number of hydrogen-bond donors (Lipinski definition) is 0. The maximum atomic E-state index is 13.5. The van der Waals surface area contributed by atoms with Crippen molar-refractivity contribution in [3.63, 3.8) is 0 Å². The number of fused-ring (bicyclic) bond motifs is 2. The lowest BCUT2D eigenvalue weighted by atomic mass is 9.64. The molecule has 0 bridgehead atoms. The Labute approximate surface area is 210 Å². The minimum Gasteiger partial charge on any atom is -0.279 e. The van der Waals surface area contributed by atoms with Crippen LogP contribution in [0, 0.1) is 41.4 Å². The van der Waals surface area contributed by atoms with Crippen molar-refractivity contribution < 1.29 is 19.2 Å². The number of imide groups is 2. The summed E-state index contributed by atoms with van der Waals surface area (Å²) >= 11 is 0. The van der Waals surface area contributed by atoms with Gasteiger partial charge in [-0.05, 0) is 102 Å². The summed E-state index contributed by atoms with van der Waals surface area (Å²) in [7, 11) is 0. The Morgan fingerprint density at radius 3 is 1.66 bits per heavy atom. The van der Waals surface area contributed by atoms with E-state index in [9.17, 15) is 19.2 Å². The number of carbonyl (C=O) groups excluding carboxylic acids is 4. The Hall–Kier alpha value is -1.72. The average molecular weight is 485 g/mol. The number of likely N-dealkylation sites (tertiary alicyclic amines) is 2. The average Bonchev–Trinajstić information content (AvgIpc) is 3.28. The van der Waals surface area contributed by atoms with Crippen molar-refractivity contribution in [1.82, 2.24) is 9.80 Å². The van der Waals surface area contributed by atoms with Crippen molar-refractivity contribution in [3.05, 3.63) is 0 Å². The molecule has 6 nitrogen and oxygen atoms in total. The van der Waals surface area contributed by atoms with Gasteiger partial charge in [-0.15, -0.1) is 0 Å². The van der Waals surface area contributed by atoms with Gasteiger partial charge in [0.25, 0.3) is 0 Å². The molecule has 0 N–H and O–H groups in total. The predicted molar refractivity (Wildman–Crippen MR) is 133 cm³/mol. The number of amides is 4. The van der Waals surface area contributed by atoms with E-state index in [1.807, 2.05) is 6.92 Å². The second kappa shape index (κ2) is 9.30. The van der Waals surface area contributed by atoms with E-state index in [2.05, 4.69) is 20.8 Å². The molecule has 6 unspecified atom stereocenters. The summed E-state index contributed by atoms with van der Waals surface area (Å²) in [4.78, 5) is 56.7. The largest absolute Gasteiger partial charge is 0.279 e. The van der Waals surface area contributed by atoms with Crippen LogP contribution in [0.4, 0.5) is 0 Å². The lowest BCUT2D eigenvalue weighted by Crippen LogP contribution is -2.49. The topological polar surface area (TPSA) is 74.8 Å². The summed E-state index contributed by atoms with van der Waals surface area (Å²) in [5.41, 5.74) is -0.393. The first kappa shape index (κ1) is 25.0. The molecule has 5 fully saturated rings. The summed E-state index contributed by atoms with van der Waals surface area (Å²) in [6, 6.07) is 0.102. The molecule has 0 aromatic rings. The van der Waals surface area contributed by atoms with Crippen molar-refractivity contribution in [1.29, 1.82) is 0 Å². The van der Waals surface area contributed by atoms with Crippen molar-refractivity contribution in [2.24, 2.45) is 41.4 Å². The van der Waals surface area contributed by atoms with Gasteiger partial charge in [-0.3, -0.25) is 29.0 Å². The molecule has 0 spiro atoms. The van der Waals surface area contributed by atoms with Gasteiger partial charge in [-0.1, -0.05) is 20.8 Å². The number of nitrogens with zero attached hydrogens (tertiary/aromatic N) is 2. The Kier molecular flexibility index (Phi) is 6.63. The van der Waals surface area contributed by atoms with Crippen LogP contribution >= 0.6 is 0 Å². The Morgan fingerprint density at radius 2 is 1.11 bits per heavy atom. The molecule has 6 heteroatoms. The molecule has 2 heterocycles. The van der Waals surface area contributed by atoms with Crippen LogP contribution in [0.5, 0.6) is 0 Å². The van der Waals surface area contributed by atoms with E-state index >= 15 is 0 Å². The van der Waals surface area contributed by atoms with Gasteiger partial charge in [0.15, 0.2) is 0 Å². The smallest absolute Gasteiger partial charge is 0.233 e. The molecule has 6 atom stereocenters. The van der Waals surface area contributed by atoms with Crippen molar-refractivity contribution >= 4 is 23.6 Å². The summed E-state index contributed by atoms with van der Waals surface area (Å²) in [5, 5.41) is 0. The normalized spacial score (nSPS) is 40.3. The molecule has 2 saturated heterocycles. The number of carbonyl (C=O) groups is 4. The van der Waals surface area contributed by atoms with Crippen LogP contribution in [0.3, 0.4) is 0 Å². The summed E-state index contributed by atoms with van der Waals surface area (Å²) < 4.78 is 0. The molecule has 5 aliphatic rings. The first-order valence-electron chi connectivity index (χ1n) is 14.4. The third-order valence-electron chi connectivity index (χ3n) is 11.0. The first-order chi connectivity index (χ1) is 16.7. The molecule has 0 aromatic carbocycles. The van der Waals surface area contributed by atoms with Gasteiger partial charge in [-0.2, -0.15) is 0 Å². The van der Waals surface area contributed by atoms with Gasteiger partial charge in [0.2, 0.25) is 23.6 Å². The van der Waals surface area contributed by atoms with Crippen LogP contribution in [0.15, 0.2) is 0 Å². The fourth-order valence-corrected chi connectivity index (χ4v) is 8.26. The van der Waals surface area contributed by atoms with Gasteiger partial charge in [-0.25, -0.2) is 0 Å². The van der Waals surface area contributed by atoms with Gasteiger partial charge >= 0.3 is 0 Å². The van der Waals surface area contributed by atoms with E-state index in [1.165, 1.54) is 0 Å². The SMILES string of the molecule is CCC(C)(CC)N1C(=O)C2CCC(C3CCC4C(=O)N(C5CCC(C)CC5)C(=O)C4C3)CC2C1=O. The van der Waals surface area contributed by atoms with Crippen LogP contribution in [-0.4, -0.2) is 45.0 Å². The highest BCUT2D eigenvalue weighted by Gasteiger charge is 2.57. The second-order valence-corrected chi connectivity index (χ2v) is 12.7. The zero-order chi connectivity index (χ0) is 25.1. The summed E-state index contributed by atoms with van der Waals surface area (Å²) in [6.07, 6.45) is 10.7. The minimum absolute atomic E-state index is 0.0365. The predicted octanol–water partition coefficient (Wildman–Crippen LogP) is 4.95. The van der Waals surface area contributed by atoms with E-state index in [1.54, 1.807) is 9.80 Å². The lowest BCUT2D eigenvalue weighted by Gasteiger charge is -2.38. The highest BCUT2D eigenvalue weighted by atomic mass is 16.2. The molecule has 0 aromatic heterocycles. The van der Waals surface area contributed by atoms with E-state index in [0.29, 0.717) is 17.8 Å². The highest BCUT2D eigenvalue weighted by molar-refractivity contribution is 6.06. The molecule has 5 rings (SSSR count). The molecule has 35 heavy (non-hydrogen) atoms. The molecule has 2 aliphatic heterocycles. The quantitative estimate of drug-likeness (QED) is 0.518. The standard InChI is InChI=1S/C29H44N2O4/c1-5-29(4,6-2)31-27(34)22-14-10-19(16-24(22)28(31)35)18-9-13-21-23(15-18)26(33)30(25(21)32)20-11-7-17(3)8-12-20/h17-24H,5-16H2,1-4H3. The first-order valence-corrected chi connectivity index (χ1v) is 14.4. The maximum Gasteiger partial charge on any atom is 0.233 e. The Bertz CT molecular complexity index is 887. The van der Waals surface area contributed by atoms with Gasteiger partial charge in [0, 0.05) is 11.6 Å². The van der Waals surface area contributed by atoms with Crippen molar-refractivity contribution in [3.8, 4) is 0 Å². The van der Waals surface area contributed by atoms with E-state index in [-0.39, 0.29) is 53.3 Å². The molecule has 0 radical (unpaired) electrons. The zero-order valence-corrected chi connectivity index (χ0v) is 22.1. The molecular weight excluding hydrogens is 440 g/mol. The van der Waals surface area contributed by atoms with Crippen molar-refractivity contribution in [2.45, 2.75) is 116 Å². The molecule has 3 aliphatic carbocycles. The van der Waals surface area contributed by atoms with Crippen molar-refractivity contribution in [2.75, 3.05) is 0 Å². The Morgan fingerprint density at radius 1 is 0.657 bits per heavy atom. The van der Waals surface area contributed by atoms with Crippen LogP contribution in [0.25, 0.3) is 0 Å². The Balaban J connectivity index is 1.26. The minimum atomic E-state index is -0.393. The zero-order valence-electron chi connectivity index (χ0n) is 22.1. The molecular formula is C29H44N2O4. The lowest BCUT2D eigenvalue weighted by molar-refractivity contribution is -0.147. The maximum absolute atomic E-state index is 13.5. The monoisotopic (exact) mass is 484 g/mol. The fraction of sp³-hybridized carbons (Fsp3) is 0.862. The van der Waals surface area contributed by atoms with Crippen LogP contribution < -0.4 is 0 Å². The van der Waals surface area contributed by atoms with E-state index < -0.39 is 5.54 Å². The van der Waals surface area contributed by atoms with Gasteiger partial charge in [0.05, 0.1) is 23.7 Å². The fourth-order valence-electron chi connectivity index (χ4n) is 8.26. The highest BCUT2D eigenvalue weighted by Crippen LogP contribution is 2.51. The van der Waals surface area contributed by atoms with Crippen LogP contribution in [-0.2, 0) is 19.2 Å². The number of hydrogen-bond acceptors (Lipinski definition) is 4. The molecule has 4 amide bonds. The van der Waals surface area contributed by atoms with Gasteiger partial charge < -0.3 is 0 Å². The summed E-state index contributed by atoms with van der Waals surface area (Å²) in [5.74, 6) is 1.03. The van der Waals surface area contributed by atoms with E-state index in [0.717, 1.165) is 77.0 Å². The van der Waals surface area contributed by atoms with Gasteiger partial charge in [0.1, 0.15) is 0 Å².